The van der Waals surface area contributed by atoms with E-state index < -0.39 is 0 Å². The average Bonchev–Trinajstić information content (AvgIpc) is 2.42. The first-order valence-electron chi connectivity index (χ1n) is 5.94. The monoisotopic (exact) mass is 251 g/mol. The first-order chi connectivity index (χ1) is 9.22. The van der Waals surface area contributed by atoms with Crippen molar-refractivity contribution in [2.24, 2.45) is 0 Å². The van der Waals surface area contributed by atoms with Gasteiger partial charge in [0.15, 0.2) is 0 Å². The van der Waals surface area contributed by atoms with Crippen molar-refractivity contribution in [2.75, 3.05) is 11.5 Å². The SMILES string of the molecule is Nc1ncc(Cc2ccc3ccccc3n2)c(N)n1. The molecule has 0 unspecified atom stereocenters. The second-order valence-electron chi connectivity index (χ2n) is 4.31. The highest BCUT2D eigenvalue weighted by molar-refractivity contribution is 5.78. The van der Waals surface area contributed by atoms with E-state index in [1.54, 1.807) is 6.20 Å². The minimum absolute atomic E-state index is 0.188. The van der Waals surface area contributed by atoms with Gasteiger partial charge < -0.3 is 11.5 Å². The van der Waals surface area contributed by atoms with Gasteiger partial charge >= 0.3 is 0 Å². The van der Waals surface area contributed by atoms with Crippen molar-refractivity contribution in [3.05, 3.63) is 53.9 Å². The topological polar surface area (TPSA) is 90.7 Å². The van der Waals surface area contributed by atoms with Gasteiger partial charge in [0, 0.05) is 29.3 Å². The Morgan fingerprint density at radius 2 is 1.79 bits per heavy atom. The molecule has 19 heavy (non-hydrogen) atoms. The molecule has 5 nitrogen and oxygen atoms in total. The van der Waals surface area contributed by atoms with Crippen LogP contribution in [0.4, 0.5) is 11.8 Å². The molecule has 0 atom stereocenters. The van der Waals surface area contributed by atoms with E-state index in [4.69, 9.17) is 11.5 Å². The van der Waals surface area contributed by atoms with Gasteiger partial charge in [-0.15, -0.1) is 0 Å². The molecule has 94 valence electrons. The van der Waals surface area contributed by atoms with Gasteiger partial charge in [-0.3, -0.25) is 4.98 Å². The number of hydrogen-bond donors (Lipinski definition) is 2. The molecule has 5 heteroatoms. The number of fused-ring (bicyclic) bond motifs is 1. The molecule has 3 rings (SSSR count). The Bertz CT molecular complexity index is 739. The van der Waals surface area contributed by atoms with Gasteiger partial charge in [0.05, 0.1) is 5.52 Å². The highest BCUT2D eigenvalue weighted by atomic mass is 15.0. The maximum Gasteiger partial charge on any atom is 0.221 e. The zero-order chi connectivity index (χ0) is 13.2. The van der Waals surface area contributed by atoms with Crippen LogP contribution in [-0.2, 0) is 6.42 Å². The predicted octanol–water partition coefficient (Wildman–Crippen LogP) is 1.78. The summed E-state index contributed by atoms with van der Waals surface area (Å²) in [5.41, 5.74) is 14.0. The van der Waals surface area contributed by atoms with Crippen LogP contribution in [0.3, 0.4) is 0 Å². The molecular weight excluding hydrogens is 238 g/mol. The van der Waals surface area contributed by atoms with E-state index in [0.717, 1.165) is 22.2 Å². The number of aromatic nitrogens is 3. The summed E-state index contributed by atoms with van der Waals surface area (Å²) in [6.07, 6.45) is 2.24. The van der Waals surface area contributed by atoms with Crippen LogP contribution in [0.1, 0.15) is 11.3 Å². The third-order valence-corrected chi connectivity index (χ3v) is 2.94. The summed E-state index contributed by atoms with van der Waals surface area (Å²) in [6.45, 7) is 0. The molecule has 1 aromatic carbocycles. The van der Waals surface area contributed by atoms with E-state index in [9.17, 15) is 0 Å². The predicted molar refractivity (Wildman–Crippen MR) is 75.4 cm³/mol. The molecule has 3 aromatic rings. The number of pyridine rings is 1. The normalized spacial score (nSPS) is 10.7. The molecule has 0 radical (unpaired) electrons. The van der Waals surface area contributed by atoms with Gasteiger partial charge in [-0.25, -0.2) is 4.98 Å². The van der Waals surface area contributed by atoms with Crippen LogP contribution in [-0.4, -0.2) is 15.0 Å². The summed E-state index contributed by atoms with van der Waals surface area (Å²) in [5.74, 6) is 0.593. The van der Waals surface area contributed by atoms with Crippen molar-refractivity contribution >= 4 is 22.7 Å². The Hall–Kier alpha value is -2.69. The largest absolute Gasteiger partial charge is 0.383 e. The van der Waals surface area contributed by atoms with E-state index in [1.165, 1.54) is 0 Å². The Kier molecular flexibility index (Phi) is 2.72. The molecule has 0 aliphatic carbocycles. The van der Waals surface area contributed by atoms with Gasteiger partial charge in [0.25, 0.3) is 0 Å². The maximum atomic E-state index is 5.82. The Morgan fingerprint density at radius 1 is 0.947 bits per heavy atom. The van der Waals surface area contributed by atoms with E-state index in [1.807, 2.05) is 36.4 Å². The maximum absolute atomic E-state index is 5.82. The smallest absolute Gasteiger partial charge is 0.221 e. The second-order valence-corrected chi connectivity index (χ2v) is 4.31. The van der Waals surface area contributed by atoms with Gasteiger partial charge in [-0.2, -0.15) is 4.98 Å². The zero-order valence-electron chi connectivity index (χ0n) is 10.2. The Balaban J connectivity index is 1.96. The van der Waals surface area contributed by atoms with Crippen molar-refractivity contribution in [3.8, 4) is 0 Å². The summed E-state index contributed by atoms with van der Waals surface area (Å²) in [4.78, 5) is 12.5. The fraction of sp³-hybridized carbons (Fsp3) is 0.0714. The van der Waals surface area contributed by atoms with Crippen LogP contribution in [0, 0.1) is 0 Å². The average molecular weight is 251 g/mol. The third-order valence-electron chi connectivity index (χ3n) is 2.94. The number of para-hydroxylation sites is 1. The zero-order valence-corrected chi connectivity index (χ0v) is 10.2. The van der Waals surface area contributed by atoms with Crippen LogP contribution in [0.15, 0.2) is 42.6 Å². The fourth-order valence-electron chi connectivity index (χ4n) is 1.97. The number of nitrogen functional groups attached to an aromatic ring is 2. The molecular formula is C14H13N5. The lowest BCUT2D eigenvalue weighted by Gasteiger charge is -2.05. The van der Waals surface area contributed by atoms with Crippen molar-refractivity contribution in [1.82, 2.24) is 15.0 Å². The number of hydrogen-bond acceptors (Lipinski definition) is 5. The molecule has 0 saturated carbocycles. The Morgan fingerprint density at radius 3 is 2.63 bits per heavy atom. The molecule has 2 aromatic heterocycles. The molecule has 0 bridgehead atoms. The Labute approximate surface area is 110 Å². The van der Waals surface area contributed by atoms with Crippen molar-refractivity contribution in [1.29, 1.82) is 0 Å². The standard InChI is InChI=1S/C14H13N5/c15-13-10(8-17-14(16)19-13)7-11-6-5-9-3-1-2-4-12(9)18-11/h1-6,8H,7H2,(H4,15,16,17,19). The molecule has 0 fully saturated rings. The van der Waals surface area contributed by atoms with E-state index in [0.29, 0.717) is 12.2 Å². The van der Waals surface area contributed by atoms with Crippen molar-refractivity contribution in [2.45, 2.75) is 6.42 Å². The molecule has 0 amide bonds. The summed E-state index contributed by atoms with van der Waals surface area (Å²) in [7, 11) is 0. The summed E-state index contributed by atoms with van der Waals surface area (Å²) in [5, 5.41) is 1.12. The van der Waals surface area contributed by atoms with Gasteiger partial charge in [-0.1, -0.05) is 24.3 Å². The molecule has 0 spiro atoms. The number of rotatable bonds is 2. The lowest BCUT2D eigenvalue weighted by atomic mass is 10.1. The second kappa shape index (κ2) is 4.53. The van der Waals surface area contributed by atoms with Gasteiger partial charge in [0.2, 0.25) is 5.95 Å². The lowest BCUT2D eigenvalue weighted by Crippen LogP contribution is -2.04. The molecule has 2 heterocycles. The number of anilines is 2. The van der Waals surface area contributed by atoms with Crippen molar-refractivity contribution in [3.63, 3.8) is 0 Å². The molecule has 0 aliphatic heterocycles. The van der Waals surface area contributed by atoms with E-state index >= 15 is 0 Å². The van der Waals surface area contributed by atoms with Crippen LogP contribution in [0.2, 0.25) is 0 Å². The highest BCUT2D eigenvalue weighted by Gasteiger charge is 2.05. The van der Waals surface area contributed by atoms with Crippen LogP contribution < -0.4 is 11.5 Å². The number of nitrogens with zero attached hydrogens (tertiary/aromatic N) is 3. The summed E-state index contributed by atoms with van der Waals surface area (Å²) >= 11 is 0. The van der Waals surface area contributed by atoms with E-state index in [-0.39, 0.29) is 5.95 Å². The van der Waals surface area contributed by atoms with Crippen LogP contribution >= 0.6 is 0 Å². The lowest BCUT2D eigenvalue weighted by molar-refractivity contribution is 1.05. The molecule has 0 saturated heterocycles. The fourth-order valence-corrected chi connectivity index (χ4v) is 1.97. The first-order valence-corrected chi connectivity index (χ1v) is 5.94. The van der Waals surface area contributed by atoms with Gasteiger partial charge in [0.1, 0.15) is 5.82 Å². The highest BCUT2D eigenvalue weighted by Crippen LogP contribution is 2.16. The minimum Gasteiger partial charge on any atom is -0.383 e. The number of nitrogens with two attached hydrogens (primary N) is 2. The van der Waals surface area contributed by atoms with Crippen LogP contribution in [0.5, 0.6) is 0 Å². The summed E-state index contributed by atoms with van der Waals surface area (Å²) in [6, 6.07) is 12.0. The number of benzene rings is 1. The minimum atomic E-state index is 0.188. The van der Waals surface area contributed by atoms with Crippen LogP contribution in [0.25, 0.3) is 10.9 Å². The molecule has 4 N–H and O–H groups in total. The summed E-state index contributed by atoms with van der Waals surface area (Å²) < 4.78 is 0. The first kappa shape index (κ1) is 11.4. The third kappa shape index (κ3) is 2.30. The van der Waals surface area contributed by atoms with E-state index in [2.05, 4.69) is 15.0 Å². The quantitative estimate of drug-likeness (QED) is 0.724. The molecule has 0 aliphatic rings. The van der Waals surface area contributed by atoms with Crippen molar-refractivity contribution < 1.29 is 0 Å². The van der Waals surface area contributed by atoms with Gasteiger partial charge in [-0.05, 0) is 12.1 Å².